The van der Waals surface area contributed by atoms with E-state index in [1.165, 1.54) is 11.3 Å². The van der Waals surface area contributed by atoms with Crippen LogP contribution in [-0.2, 0) is 11.2 Å². The van der Waals surface area contributed by atoms with Gasteiger partial charge in [0, 0.05) is 10.9 Å². The molecule has 0 spiro atoms. The van der Waals surface area contributed by atoms with Crippen LogP contribution in [0.4, 0.5) is 5.69 Å². The summed E-state index contributed by atoms with van der Waals surface area (Å²) in [6, 6.07) is 11.4. The van der Waals surface area contributed by atoms with Gasteiger partial charge in [0.25, 0.3) is 0 Å². The average Bonchev–Trinajstić information content (AvgIpc) is 2.99. The standard InChI is InChI=1S/C19H16Cl2N2OS/c1-11-7-12(2)18(16(21)8-11)23-17(24)9-13-10-25-19(22-13)14-5-3-4-6-15(14)20/h3-8,10H,9H2,1-2H3,(H,23,24). The zero-order valence-electron chi connectivity index (χ0n) is 13.8. The van der Waals surface area contributed by atoms with Crippen LogP contribution in [0.3, 0.4) is 0 Å². The minimum Gasteiger partial charge on any atom is -0.324 e. The molecule has 0 fully saturated rings. The van der Waals surface area contributed by atoms with E-state index in [1.807, 2.05) is 55.6 Å². The summed E-state index contributed by atoms with van der Waals surface area (Å²) < 4.78 is 0. The first-order chi connectivity index (χ1) is 11.9. The molecule has 3 rings (SSSR count). The average molecular weight is 391 g/mol. The highest BCUT2D eigenvalue weighted by atomic mass is 35.5. The fourth-order valence-electron chi connectivity index (χ4n) is 2.57. The van der Waals surface area contributed by atoms with E-state index in [9.17, 15) is 4.79 Å². The van der Waals surface area contributed by atoms with Gasteiger partial charge >= 0.3 is 0 Å². The highest BCUT2D eigenvalue weighted by Gasteiger charge is 2.13. The predicted molar refractivity (Wildman–Crippen MR) is 106 cm³/mol. The number of aryl methyl sites for hydroxylation is 2. The van der Waals surface area contributed by atoms with Gasteiger partial charge in [0.05, 0.1) is 27.8 Å². The first kappa shape index (κ1) is 17.9. The molecule has 1 N–H and O–H groups in total. The normalized spacial score (nSPS) is 10.7. The molecule has 0 bridgehead atoms. The van der Waals surface area contributed by atoms with E-state index < -0.39 is 0 Å². The number of carbonyl (C=O) groups excluding carboxylic acids is 1. The van der Waals surface area contributed by atoms with E-state index in [2.05, 4.69) is 10.3 Å². The van der Waals surface area contributed by atoms with Gasteiger partial charge in [-0.1, -0.05) is 47.5 Å². The smallest absolute Gasteiger partial charge is 0.230 e. The summed E-state index contributed by atoms with van der Waals surface area (Å²) >= 11 is 13.9. The molecule has 3 aromatic rings. The highest BCUT2D eigenvalue weighted by molar-refractivity contribution is 7.13. The number of hydrogen-bond donors (Lipinski definition) is 1. The first-order valence-corrected chi connectivity index (χ1v) is 9.33. The summed E-state index contributed by atoms with van der Waals surface area (Å²) in [7, 11) is 0. The third kappa shape index (κ3) is 4.21. The van der Waals surface area contributed by atoms with E-state index in [0.29, 0.717) is 21.4 Å². The van der Waals surface area contributed by atoms with Crippen LogP contribution in [0.1, 0.15) is 16.8 Å². The van der Waals surface area contributed by atoms with Crippen LogP contribution in [0.15, 0.2) is 41.8 Å². The molecule has 0 saturated heterocycles. The Labute approximate surface area is 160 Å². The summed E-state index contributed by atoms with van der Waals surface area (Å²) in [5.41, 5.74) is 4.23. The monoisotopic (exact) mass is 390 g/mol. The number of carbonyl (C=O) groups is 1. The molecule has 25 heavy (non-hydrogen) atoms. The lowest BCUT2D eigenvalue weighted by Gasteiger charge is -2.11. The molecule has 6 heteroatoms. The lowest BCUT2D eigenvalue weighted by molar-refractivity contribution is -0.115. The van der Waals surface area contributed by atoms with Crippen LogP contribution < -0.4 is 5.32 Å². The Balaban J connectivity index is 1.74. The molecule has 1 amide bonds. The van der Waals surface area contributed by atoms with Crippen molar-refractivity contribution in [3.8, 4) is 10.6 Å². The minimum absolute atomic E-state index is 0.148. The zero-order valence-corrected chi connectivity index (χ0v) is 16.1. The molecule has 0 unspecified atom stereocenters. The third-order valence-corrected chi connectivity index (χ3v) is 5.25. The van der Waals surface area contributed by atoms with Gasteiger partial charge < -0.3 is 5.32 Å². The van der Waals surface area contributed by atoms with Crippen molar-refractivity contribution in [3.63, 3.8) is 0 Å². The summed E-state index contributed by atoms with van der Waals surface area (Å²) in [5.74, 6) is -0.148. The molecule has 0 aliphatic carbocycles. The Morgan fingerprint density at radius 2 is 1.92 bits per heavy atom. The molecule has 0 radical (unpaired) electrons. The van der Waals surface area contributed by atoms with Crippen LogP contribution in [0, 0.1) is 13.8 Å². The van der Waals surface area contributed by atoms with Crippen molar-refractivity contribution in [2.75, 3.05) is 5.32 Å². The van der Waals surface area contributed by atoms with Gasteiger partial charge in [-0.2, -0.15) is 0 Å². The Bertz CT molecular complexity index is 914. The number of amides is 1. The molecule has 0 aliphatic rings. The summed E-state index contributed by atoms with van der Waals surface area (Å²) in [4.78, 5) is 16.9. The number of benzene rings is 2. The Kier molecular flexibility index (Phi) is 5.42. The van der Waals surface area contributed by atoms with Crippen LogP contribution in [0.2, 0.25) is 10.0 Å². The molecule has 2 aromatic carbocycles. The zero-order chi connectivity index (χ0) is 18.0. The maximum Gasteiger partial charge on any atom is 0.230 e. The number of halogens is 2. The number of thiazole rings is 1. The van der Waals surface area contributed by atoms with Crippen molar-refractivity contribution in [2.45, 2.75) is 20.3 Å². The molecular formula is C19H16Cl2N2OS. The van der Waals surface area contributed by atoms with Gasteiger partial charge in [-0.05, 0) is 37.1 Å². The second kappa shape index (κ2) is 7.56. The number of anilines is 1. The van der Waals surface area contributed by atoms with E-state index in [1.54, 1.807) is 0 Å². The number of aromatic nitrogens is 1. The SMILES string of the molecule is Cc1cc(C)c(NC(=O)Cc2csc(-c3ccccc3Cl)n2)c(Cl)c1. The summed E-state index contributed by atoms with van der Waals surface area (Å²) in [6.07, 6.45) is 0.185. The molecule has 0 aliphatic heterocycles. The van der Waals surface area contributed by atoms with E-state index in [0.717, 1.165) is 21.7 Å². The first-order valence-electron chi connectivity index (χ1n) is 7.70. The summed E-state index contributed by atoms with van der Waals surface area (Å²) in [6.45, 7) is 3.89. The van der Waals surface area contributed by atoms with Crippen molar-refractivity contribution in [3.05, 3.63) is 68.6 Å². The van der Waals surface area contributed by atoms with Crippen molar-refractivity contribution in [2.24, 2.45) is 0 Å². The van der Waals surface area contributed by atoms with E-state index >= 15 is 0 Å². The summed E-state index contributed by atoms with van der Waals surface area (Å²) in [5, 5.41) is 6.75. The van der Waals surface area contributed by atoms with Crippen molar-refractivity contribution < 1.29 is 4.79 Å². The number of nitrogens with zero attached hydrogens (tertiary/aromatic N) is 1. The van der Waals surface area contributed by atoms with E-state index in [4.69, 9.17) is 23.2 Å². The van der Waals surface area contributed by atoms with Crippen LogP contribution in [0.5, 0.6) is 0 Å². The van der Waals surface area contributed by atoms with Gasteiger partial charge in [0.2, 0.25) is 5.91 Å². The minimum atomic E-state index is -0.148. The molecule has 1 aromatic heterocycles. The Hall–Kier alpha value is -1.88. The molecule has 0 saturated carbocycles. The molecule has 1 heterocycles. The maximum atomic E-state index is 12.4. The quantitative estimate of drug-likeness (QED) is 0.600. The fraction of sp³-hybridized carbons (Fsp3) is 0.158. The number of nitrogens with one attached hydrogen (secondary N) is 1. The van der Waals surface area contributed by atoms with Crippen molar-refractivity contribution >= 4 is 46.1 Å². The van der Waals surface area contributed by atoms with Gasteiger partial charge in [-0.15, -0.1) is 11.3 Å². The molecular weight excluding hydrogens is 375 g/mol. The second-order valence-electron chi connectivity index (χ2n) is 5.79. The number of hydrogen-bond acceptors (Lipinski definition) is 3. The second-order valence-corrected chi connectivity index (χ2v) is 7.46. The van der Waals surface area contributed by atoms with Gasteiger partial charge in [-0.25, -0.2) is 4.98 Å². The Morgan fingerprint density at radius 3 is 2.64 bits per heavy atom. The van der Waals surface area contributed by atoms with Gasteiger partial charge in [-0.3, -0.25) is 4.79 Å². The van der Waals surface area contributed by atoms with Crippen molar-refractivity contribution in [1.82, 2.24) is 4.98 Å². The third-order valence-electron chi connectivity index (χ3n) is 3.69. The Morgan fingerprint density at radius 1 is 1.16 bits per heavy atom. The van der Waals surface area contributed by atoms with Crippen LogP contribution in [-0.4, -0.2) is 10.9 Å². The fourth-order valence-corrected chi connectivity index (χ4v) is 4.08. The van der Waals surface area contributed by atoms with Crippen LogP contribution in [0.25, 0.3) is 10.6 Å². The number of rotatable bonds is 4. The molecule has 3 nitrogen and oxygen atoms in total. The van der Waals surface area contributed by atoms with Gasteiger partial charge in [0.15, 0.2) is 0 Å². The van der Waals surface area contributed by atoms with E-state index in [-0.39, 0.29) is 12.3 Å². The topological polar surface area (TPSA) is 42.0 Å². The van der Waals surface area contributed by atoms with Gasteiger partial charge in [0.1, 0.15) is 5.01 Å². The lowest BCUT2D eigenvalue weighted by Crippen LogP contribution is -2.15. The lowest BCUT2D eigenvalue weighted by atomic mass is 10.1. The van der Waals surface area contributed by atoms with Crippen molar-refractivity contribution in [1.29, 1.82) is 0 Å². The molecule has 0 atom stereocenters. The predicted octanol–water partition coefficient (Wildman–Crippen LogP) is 5.91. The highest BCUT2D eigenvalue weighted by Crippen LogP contribution is 2.31. The largest absolute Gasteiger partial charge is 0.324 e. The maximum absolute atomic E-state index is 12.4. The van der Waals surface area contributed by atoms with Crippen LogP contribution >= 0.6 is 34.5 Å². The molecule has 128 valence electrons.